The van der Waals surface area contributed by atoms with Gasteiger partial charge in [-0.1, -0.05) is 153 Å². The Morgan fingerprint density at radius 3 is 1.85 bits per heavy atom. The lowest BCUT2D eigenvalue weighted by molar-refractivity contribution is 0.660. The molecule has 0 N–H and O–H groups in total. The zero-order valence-electron chi connectivity index (χ0n) is 26.5. The number of allylic oxidation sites excluding steroid dienone is 4. The van der Waals surface area contributed by atoms with Crippen molar-refractivity contribution < 1.29 is 0 Å². The first-order valence-electron chi connectivity index (χ1n) is 16.4. The molecule has 1 aromatic heterocycles. The Kier molecular flexibility index (Phi) is 6.29. The normalized spacial score (nSPS) is 16.0. The molecule has 9 rings (SSSR count). The molecule has 0 spiro atoms. The monoisotopic (exact) mass is 603 g/mol. The predicted molar refractivity (Wildman–Crippen MR) is 194 cm³/mol. The van der Waals surface area contributed by atoms with Gasteiger partial charge in [0.25, 0.3) is 0 Å². The summed E-state index contributed by atoms with van der Waals surface area (Å²) in [5, 5.41) is 4.66. The molecule has 6 aromatic carbocycles. The van der Waals surface area contributed by atoms with E-state index in [2.05, 4.69) is 141 Å². The van der Waals surface area contributed by atoms with Crippen LogP contribution in [0.5, 0.6) is 0 Å². The van der Waals surface area contributed by atoms with Gasteiger partial charge in [0.15, 0.2) is 11.6 Å². The largest absolute Gasteiger partial charge is 0.212 e. The molecule has 47 heavy (non-hydrogen) atoms. The fraction of sp³-hybridized carbons (Fsp3) is 0.114. The lowest BCUT2D eigenvalue weighted by atomic mass is 9.80. The minimum atomic E-state index is -0.0780. The van der Waals surface area contributed by atoms with Crippen molar-refractivity contribution in [1.82, 2.24) is 15.0 Å². The standard InChI is InChI=1S/C44H33N3/c1-44(2)37-24-14-13-19-31(37)32-26-25-30(27-38(32)44)39-33-20-9-11-22-35(33)40(36-23-12-10-21-34(36)39)43-46-41(28-15-5-3-6-16-28)45-42(47-43)29-17-7-4-8-18-29/h3-17,19-27,29H,18H2,1-2H3. The van der Waals surface area contributed by atoms with E-state index in [9.17, 15) is 0 Å². The molecule has 224 valence electrons. The second-order valence-electron chi connectivity index (χ2n) is 13.1. The van der Waals surface area contributed by atoms with Gasteiger partial charge >= 0.3 is 0 Å². The van der Waals surface area contributed by atoms with E-state index in [0.29, 0.717) is 11.6 Å². The van der Waals surface area contributed by atoms with Crippen molar-refractivity contribution in [2.45, 2.75) is 31.6 Å². The highest BCUT2D eigenvalue weighted by Crippen LogP contribution is 2.51. The number of fused-ring (bicyclic) bond motifs is 5. The minimum Gasteiger partial charge on any atom is -0.212 e. The molecule has 2 aliphatic carbocycles. The maximum Gasteiger partial charge on any atom is 0.164 e. The molecular weight excluding hydrogens is 571 g/mol. The molecule has 1 heterocycles. The van der Waals surface area contributed by atoms with Crippen molar-refractivity contribution in [3.63, 3.8) is 0 Å². The third-order valence-corrected chi connectivity index (χ3v) is 10.0. The van der Waals surface area contributed by atoms with Crippen LogP contribution in [0.25, 0.3) is 66.6 Å². The zero-order valence-corrected chi connectivity index (χ0v) is 26.5. The van der Waals surface area contributed by atoms with Gasteiger partial charge in [-0.15, -0.1) is 0 Å². The molecule has 0 fully saturated rings. The molecule has 0 saturated heterocycles. The number of nitrogens with zero attached hydrogens (tertiary/aromatic N) is 3. The maximum atomic E-state index is 5.24. The van der Waals surface area contributed by atoms with Gasteiger partial charge in [-0.3, -0.25) is 0 Å². The van der Waals surface area contributed by atoms with E-state index in [-0.39, 0.29) is 11.3 Å². The van der Waals surface area contributed by atoms with E-state index in [4.69, 9.17) is 15.0 Å². The van der Waals surface area contributed by atoms with Crippen LogP contribution >= 0.6 is 0 Å². The van der Waals surface area contributed by atoms with E-state index < -0.39 is 0 Å². The van der Waals surface area contributed by atoms with Gasteiger partial charge in [-0.25, -0.2) is 15.0 Å². The van der Waals surface area contributed by atoms with Crippen molar-refractivity contribution in [3.8, 4) is 45.0 Å². The molecule has 0 bridgehead atoms. The van der Waals surface area contributed by atoms with Crippen LogP contribution in [-0.2, 0) is 5.41 Å². The first-order valence-corrected chi connectivity index (χ1v) is 16.4. The summed E-state index contributed by atoms with van der Waals surface area (Å²) in [5.41, 5.74) is 9.86. The molecule has 0 saturated carbocycles. The molecule has 0 radical (unpaired) electrons. The fourth-order valence-corrected chi connectivity index (χ4v) is 7.70. The summed E-state index contributed by atoms with van der Waals surface area (Å²) in [6.45, 7) is 4.70. The van der Waals surface area contributed by atoms with Crippen LogP contribution in [0.3, 0.4) is 0 Å². The van der Waals surface area contributed by atoms with E-state index in [1.54, 1.807) is 0 Å². The highest BCUT2D eigenvalue weighted by Gasteiger charge is 2.35. The van der Waals surface area contributed by atoms with E-state index in [1.807, 2.05) is 18.2 Å². The fourth-order valence-electron chi connectivity index (χ4n) is 7.70. The molecule has 1 unspecified atom stereocenters. The van der Waals surface area contributed by atoms with Crippen molar-refractivity contribution in [2.24, 2.45) is 0 Å². The second-order valence-corrected chi connectivity index (χ2v) is 13.1. The summed E-state index contributed by atoms with van der Waals surface area (Å²) in [6, 6.07) is 43.7. The zero-order chi connectivity index (χ0) is 31.5. The number of benzene rings is 6. The average molecular weight is 604 g/mol. The summed E-state index contributed by atoms with van der Waals surface area (Å²) in [4.78, 5) is 15.5. The van der Waals surface area contributed by atoms with Crippen LogP contribution in [0.1, 0.15) is 43.1 Å². The Morgan fingerprint density at radius 2 is 1.15 bits per heavy atom. The number of hydrogen-bond acceptors (Lipinski definition) is 3. The quantitative estimate of drug-likeness (QED) is 0.188. The lowest BCUT2D eigenvalue weighted by Gasteiger charge is -2.23. The Morgan fingerprint density at radius 1 is 0.532 bits per heavy atom. The van der Waals surface area contributed by atoms with Crippen LogP contribution in [-0.4, -0.2) is 15.0 Å². The molecule has 3 nitrogen and oxygen atoms in total. The second kappa shape index (κ2) is 10.7. The molecule has 0 aliphatic heterocycles. The van der Waals surface area contributed by atoms with Crippen LogP contribution in [0.2, 0.25) is 0 Å². The first kappa shape index (κ1) is 27.6. The third-order valence-electron chi connectivity index (χ3n) is 10.0. The summed E-state index contributed by atoms with van der Waals surface area (Å²) >= 11 is 0. The van der Waals surface area contributed by atoms with Crippen molar-refractivity contribution >= 4 is 21.5 Å². The number of hydrogen-bond donors (Lipinski definition) is 0. The van der Waals surface area contributed by atoms with E-state index >= 15 is 0 Å². The Balaban J connectivity index is 1.31. The van der Waals surface area contributed by atoms with Gasteiger partial charge in [0.1, 0.15) is 5.82 Å². The number of rotatable bonds is 4. The average Bonchev–Trinajstić information content (AvgIpc) is 3.36. The molecular formula is C44H33N3. The highest BCUT2D eigenvalue weighted by molar-refractivity contribution is 6.21. The molecule has 1 atom stereocenters. The van der Waals surface area contributed by atoms with Gasteiger partial charge in [-0.2, -0.15) is 0 Å². The van der Waals surface area contributed by atoms with Crippen molar-refractivity contribution in [3.05, 3.63) is 163 Å². The number of aromatic nitrogens is 3. The summed E-state index contributed by atoms with van der Waals surface area (Å²) < 4.78 is 0. The smallest absolute Gasteiger partial charge is 0.164 e. The first-order chi connectivity index (χ1) is 23.1. The van der Waals surface area contributed by atoms with E-state index in [1.165, 1.54) is 44.2 Å². The molecule has 0 amide bonds. The predicted octanol–water partition coefficient (Wildman–Crippen LogP) is 11.1. The Labute approximate surface area is 275 Å². The van der Waals surface area contributed by atoms with Crippen LogP contribution in [0, 0.1) is 0 Å². The van der Waals surface area contributed by atoms with Gasteiger partial charge in [0, 0.05) is 22.5 Å². The van der Waals surface area contributed by atoms with Gasteiger partial charge in [0.05, 0.1) is 0 Å². The summed E-state index contributed by atoms with van der Waals surface area (Å²) in [6.07, 6.45) is 9.44. The lowest BCUT2D eigenvalue weighted by Crippen LogP contribution is -2.14. The third kappa shape index (κ3) is 4.38. The van der Waals surface area contributed by atoms with Gasteiger partial charge < -0.3 is 0 Å². The van der Waals surface area contributed by atoms with E-state index in [0.717, 1.165) is 34.1 Å². The SMILES string of the molecule is CC1(C)c2ccccc2-c2ccc(-c3c4ccccc4c(-c4nc(-c5ccccc5)nc(C5C=CC=CC5)n4)c4ccccc34)cc21. The Bertz CT molecular complexity index is 2360. The van der Waals surface area contributed by atoms with Crippen molar-refractivity contribution in [1.29, 1.82) is 0 Å². The minimum absolute atomic E-state index is 0.0780. The highest BCUT2D eigenvalue weighted by atomic mass is 15.0. The Hall–Kier alpha value is -5.67. The maximum absolute atomic E-state index is 5.24. The van der Waals surface area contributed by atoms with Crippen LogP contribution in [0.15, 0.2) is 146 Å². The summed E-state index contributed by atoms with van der Waals surface area (Å²) in [5.74, 6) is 2.31. The van der Waals surface area contributed by atoms with Crippen LogP contribution in [0.4, 0.5) is 0 Å². The van der Waals surface area contributed by atoms with Gasteiger partial charge in [-0.05, 0) is 67.4 Å². The van der Waals surface area contributed by atoms with Crippen LogP contribution < -0.4 is 0 Å². The molecule has 2 aliphatic rings. The molecule has 7 aromatic rings. The van der Waals surface area contributed by atoms with Gasteiger partial charge in [0.2, 0.25) is 0 Å². The molecule has 3 heteroatoms. The topological polar surface area (TPSA) is 38.7 Å². The summed E-state index contributed by atoms with van der Waals surface area (Å²) in [7, 11) is 0. The van der Waals surface area contributed by atoms with Crippen molar-refractivity contribution in [2.75, 3.05) is 0 Å².